The molecule has 2 amide bonds. The maximum atomic E-state index is 13.3. The lowest BCUT2D eigenvalue weighted by atomic mass is 9.97. The van der Waals surface area contributed by atoms with Crippen LogP contribution in [-0.4, -0.2) is 59.3 Å². The summed E-state index contributed by atoms with van der Waals surface area (Å²) in [7, 11) is 0. The van der Waals surface area contributed by atoms with Gasteiger partial charge in [-0.2, -0.15) is 0 Å². The van der Waals surface area contributed by atoms with Gasteiger partial charge in [0, 0.05) is 13.1 Å². The van der Waals surface area contributed by atoms with E-state index < -0.39 is 29.8 Å². The van der Waals surface area contributed by atoms with Crippen LogP contribution in [0, 0.1) is 0 Å². The monoisotopic (exact) mass is 582 g/mol. The van der Waals surface area contributed by atoms with Crippen molar-refractivity contribution in [2.24, 2.45) is 0 Å². The van der Waals surface area contributed by atoms with Gasteiger partial charge in [0.2, 0.25) is 0 Å². The molecule has 43 heavy (non-hydrogen) atoms. The molecule has 0 radical (unpaired) electrons. The molecule has 1 atom stereocenters. The highest BCUT2D eigenvalue weighted by Crippen LogP contribution is 2.30. The first kappa shape index (κ1) is 29.9. The predicted octanol–water partition coefficient (Wildman–Crippen LogP) is 7.07. The molecule has 1 aliphatic rings. The normalized spacial score (nSPS) is 15.0. The Morgan fingerprint density at radius 3 is 2.28 bits per heavy atom. The summed E-state index contributed by atoms with van der Waals surface area (Å²) >= 11 is 0. The molecule has 1 aliphatic heterocycles. The SMILES string of the molecule is CC(C)(C)OC(=O)N(CCOC(=O)N1CCCC1C(=O)OCc1ccccc1)Cc1cc2ccccc2c2ccccc12. The van der Waals surface area contributed by atoms with Gasteiger partial charge in [-0.05, 0) is 72.4 Å². The molecule has 0 spiro atoms. The molecule has 0 bridgehead atoms. The summed E-state index contributed by atoms with van der Waals surface area (Å²) in [5.41, 5.74) is 1.15. The molecule has 1 unspecified atom stereocenters. The van der Waals surface area contributed by atoms with E-state index in [1.54, 1.807) is 4.90 Å². The number of hydrogen-bond acceptors (Lipinski definition) is 6. The molecule has 0 aliphatic carbocycles. The lowest BCUT2D eigenvalue weighted by Gasteiger charge is -2.28. The van der Waals surface area contributed by atoms with Gasteiger partial charge < -0.3 is 19.1 Å². The molecule has 1 heterocycles. The van der Waals surface area contributed by atoms with E-state index in [-0.39, 0.29) is 26.3 Å². The van der Waals surface area contributed by atoms with Crippen molar-refractivity contribution in [1.29, 1.82) is 0 Å². The topological polar surface area (TPSA) is 85.4 Å². The smallest absolute Gasteiger partial charge is 0.410 e. The van der Waals surface area contributed by atoms with Gasteiger partial charge in [0.15, 0.2) is 0 Å². The highest BCUT2D eigenvalue weighted by Gasteiger charge is 2.36. The number of rotatable bonds is 8. The largest absolute Gasteiger partial charge is 0.459 e. The van der Waals surface area contributed by atoms with Gasteiger partial charge in [-0.3, -0.25) is 4.90 Å². The van der Waals surface area contributed by atoms with Gasteiger partial charge in [-0.1, -0.05) is 78.9 Å². The van der Waals surface area contributed by atoms with E-state index in [4.69, 9.17) is 14.2 Å². The lowest BCUT2D eigenvalue weighted by Crippen LogP contribution is -2.43. The number of fused-ring (bicyclic) bond motifs is 3. The van der Waals surface area contributed by atoms with Gasteiger partial charge in [-0.15, -0.1) is 0 Å². The number of ether oxygens (including phenoxy) is 3. The van der Waals surface area contributed by atoms with Crippen LogP contribution in [0.3, 0.4) is 0 Å². The standard InChI is InChI=1S/C35H38N2O6/c1-35(2,3)43-33(39)36(23-27-22-26-14-7-8-15-28(26)30-17-10-9-16-29(27)30)20-21-41-34(40)37-19-11-18-31(37)32(38)42-24-25-12-5-4-6-13-25/h4-10,12-17,22,31H,11,18-21,23-24H2,1-3H3. The van der Waals surface area contributed by atoms with Gasteiger partial charge in [-0.25, -0.2) is 14.4 Å². The minimum Gasteiger partial charge on any atom is -0.459 e. The van der Waals surface area contributed by atoms with Crippen molar-refractivity contribution in [2.75, 3.05) is 19.7 Å². The fourth-order valence-electron chi connectivity index (χ4n) is 5.41. The molecule has 1 fully saturated rings. The third kappa shape index (κ3) is 7.44. The maximum Gasteiger partial charge on any atom is 0.410 e. The quantitative estimate of drug-likeness (QED) is 0.125. The van der Waals surface area contributed by atoms with Gasteiger partial charge in [0.25, 0.3) is 0 Å². The molecule has 1 saturated heterocycles. The Balaban J connectivity index is 1.26. The summed E-state index contributed by atoms with van der Waals surface area (Å²) in [5.74, 6) is -0.447. The Morgan fingerprint density at radius 2 is 1.53 bits per heavy atom. The average Bonchev–Trinajstić information content (AvgIpc) is 3.49. The number of hydrogen-bond donors (Lipinski definition) is 0. The third-order valence-electron chi connectivity index (χ3n) is 7.44. The molecule has 224 valence electrons. The van der Waals surface area contributed by atoms with Crippen LogP contribution in [0.25, 0.3) is 21.5 Å². The Hall–Kier alpha value is -4.59. The lowest BCUT2D eigenvalue weighted by molar-refractivity contribution is -0.149. The zero-order valence-electron chi connectivity index (χ0n) is 25.0. The summed E-state index contributed by atoms with van der Waals surface area (Å²) in [6, 6.07) is 27.1. The van der Waals surface area contributed by atoms with Gasteiger partial charge in [0.1, 0.15) is 24.9 Å². The molecule has 5 rings (SSSR count). The predicted molar refractivity (Wildman–Crippen MR) is 165 cm³/mol. The molecule has 8 nitrogen and oxygen atoms in total. The van der Waals surface area contributed by atoms with E-state index in [9.17, 15) is 14.4 Å². The molecule has 0 saturated carbocycles. The zero-order valence-corrected chi connectivity index (χ0v) is 25.0. The molecule has 0 aromatic heterocycles. The number of benzene rings is 4. The fraction of sp³-hybridized carbons (Fsp3) is 0.343. The number of carbonyl (C=O) groups is 3. The van der Waals surface area contributed by atoms with Gasteiger partial charge >= 0.3 is 18.2 Å². The van der Waals surface area contributed by atoms with Crippen molar-refractivity contribution in [2.45, 2.75) is 58.4 Å². The van der Waals surface area contributed by atoms with E-state index in [2.05, 4.69) is 30.3 Å². The fourth-order valence-corrected chi connectivity index (χ4v) is 5.41. The Morgan fingerprint density at radius 1 is 0.860 bits per heavy atom. The summed E-state index contributed by atoms with van der Waals surface area (Å²) in [6.45, 7) is 6.35. The number of nitrogens with zero attached hydrogens (tertiary/aromatic N) is 2. The summed E-state index contributed by atoms with van der Waals surface area (Å²) < 4.78 is 16.8. The van der Waals surface area contributed by atoms with E-state index in [0.717, 1.165) is 32.7 Å². The molecule has 4 aromatic carbocycles. The first-order valence-electron chi connectivity index (χ1n) is 14.7. The van der Waals surface area contributed by atoms with Crippen LogP contribution in [0.1, 0.15) is 44.7 Å². The first-order chi connectivity index (χ1) is 20.7. The van der Waals surface area contributed by atoms with Crippen molar-refractivity contribution in [1.82, 2.24) is 9.80 Å². The van der Waals surface area contributed by atoms with Gasteiger partial charge in [0.05, 0.1) is 6.54 Å². The van der Waals surface area contributed by atoms with Crippen LogP contribution < -0.4 is 0 Å². The van der Waals surface area contributed by atoms with E-state index in [1.165, 1.54) is 4.90 Å². The summed E-state index contributed by atoms with van der Waals surface area (Å²) in [4.78, 5) is 42.2. The Kier molecular flexibility index (Phi) is 9.14. The second-order valence-electron chi connectivity index (χ2n) is 11.8. The van der Waals surface area contributed by atoms with Crippen LogP contribution in [0.2, 0.25) is 0 Å². The molecular formula is C35H38N2O6. The van der Waals surface area contributed by atoms with Crippen molar-refractivity contribution >= 4 is 39.7 Å². The van der Waals surface area contributed by atoms with Crippen LogP contribution in [0.5, 0.6) is 0 Å². The van der Waals surface area contributed by atoms with Crippen molar-refractivity contribution < 1.29 is 28.6 Å². The highest BCUT2D eigenvalue weighted by molar-refractivity contribution is 6.09. The third-order valence-corrected chi connectivity index (χ3v) is 7.44. The summed E-state index contributed by atoms with van der Waals surface area (Å²) in [6.07, 6.45) is 0.102. The Labute approximate surface area is 252 Å². The van der Waals surface area contributed by atoms with E-state index in [0.29, 0.717) is 19.4 Å². The molecule has 4 aromatic rings. The number of carbonyl (C=O) groups excluding carboxylic acids is 3. The van der Waals surface area contributed by atoms with E-state index in [1.807, 2.05) is 75.4 Å². The molecular weight excluding hydrogens is 544 g/mol. The zero-order chi connectivity index (χ0) is 30.4. The molecule has 8 heteroatoms. The van der Waals surface area contributed by atoms with E-state index >= 15 is 0 Å². The minimum absolute atomic E-state index is 0.0497. The van der Waals surface area contributed by atoms with Crippen LogP contribution >= 0.6 is 0 Å². The van der Waals surface area contributed by atoms with Crippen molar-refractivity contribution in [3.63, 3.8) is 0 Å². The second-order valence-corrected chi connectivity index (χ2v) is 11.8. The van der Waals surface area contributed by atoms with Crippen LogP contribution in [0.4, 0.5) is 9.59 Å². The summed E-state index contributed by atoms with van der Waals surface area (Å²) in [5, 5.41) is 4.36. The molecule has 0 N–H and O–H groups in total. The van der Waals surface area contributed by atoms with Crippen molar-refractivity contribution in [3.8, 4) is 0 Å². The second kappa shape index (κ2) is 13.2. The van der Waals surface area contributed by atoms with Crippen LogP contribution in [0.15, 0.2) is 84.9 Å². The number of esters is 1. The Bertz CT molecular complexity index is 1600. The number of amides is 2. The average molecular weight is 583 g/mol. The minimum atomic E-state index is -0.694. The van der Waals surface area contributed by atoms with Crippen LogP contribution in [-0.2, 0) is 32.2 Å². The maximum absolute atomic E-state index is 13.3. The highest BCUT2D eigenvalue weighted by atomic mass is 16.6. The van der Waals surface area contributed by atoms with Crippen molar-refractivity contribution in [3.05, 3.63) is 96.1 Å². The number of likely N-dealkylation sites (tertiary alicyclic amines) is 1. The first-order valence-corrected chi connectivity index (χ1v) is 14.7.